The molecule has 2 aliphatic heterocycles. The van der Waals surface area contributed by atoms with Crippen molar-refractivity contribution in [3.8, 4) is 0 Å². The van der Waals surface area contributed by atoms with Crippen LogP contribution in [0.2, 0.25) is 5.02 Å². The Morgan fingerprint density at radius 1 is 1.07 bits per heavy atom. The molecule has 5 heteroatoms. The lowest BCUT2D eigenvalue weighted by Gasteiger charge is -2.30. The highest BCUT2D eigenvalue weighted by atomic mass is 35.5. The molecule has 1 unspecified atom stereocenters. The van der Waals surface area contributed by atoms with E-state index in [0.717, 1.165) is 37.6 Å². The number of nitrogens with zero attached hydrogens (tertiary/aromatic N) is 3. The second-order valence-corrected chi connectivity index (χ2v) is 8.45. The largest absolute Gasteiger partial charge is 0.340 e. The van der Waals surface area contributed by atoms with Gasteiger partial charge in [0.15, 0.2) is 5.50 Å². The zero-order valence-electron chi connectivity index (χ0n) is 15.9. The van der Waals surface area contributed by atoms with Gasteiger partial charge in [-0.3, -0.25) is 0 Å². The average Bonchev–Trinajstić information content (AvgIpc) is 3.22. The van der Waals surface area contributed by atoms with E-state index in [1.54, 1.807) is 0 Å². The molecule has 4 rings (SSSR count). The first-order chi connectivity index (χ1) is 13.2. The summed E-state index contributed by atoms with van der Waals surface area (Å²) < 4.78 is 0. The van der Waals surface area contributed by atoms with E-state index in [0.29, 0.717) is 5.50 Å². The van der Waals surface area contributed by atoms with Crippen LogP contribution in [0.25, 0.3) is 5.70 Å². The zero-order chi connectivity index (χ0) is 18.8. The molecule has 0 aromatic heterocycles. The summed E-state index contributed by atoms with van der Waals surface area (Å²) in [5.74, 6) is 0. The first-order valence-corrected chi connectivity index (χ1v) is 11.0. The molecule has 2 aromatic carbocycles. The predicted molar refractivity (Wildman–Crippen MR) is 117 cm³/mol. The SMILES string of the molecule is CCN(CC)CCCN1C(c2cccc(Cl)c2)=CN2c3ccccc3SC12. The van der Waals surface area contributed by atoms with Crippen molar-refractivity contribution in [2.75, 3.05) is 31.1 Å². The molecule has 1 atom stereocenters. The Bertz CT molecular complexity index is 834. The number of para-hydroxylation sites is 1. The molecule has 0 spiro atoms. The van der Waals surface area contributed by atoms with Crippen LogP contribution in [0.5, 0.6) is 0 Å². The summed E-state index contributed by atoms with van der Waals surface area (Å²) in [7, 11) is 0. The Labute approximate surface area is 171 Å². The molecule has 0 saturated carbocycles. The maximum absolute atomic E-state index is 6.28. The third kappa shape index (κ3) is 3.71. The van der Waals surface area contributed by atoms with E-state index in [1.807, 2.05) is 23.9 Å². The van der Waals surface area contributed by atoms with Crippen LogP contribution in [0.1, 0.15) is 25.8 Å². The Hall–Kier alpha value is -1.62. The number of thioether (sulfide) groups is 1. The lowest BCUT2D eigenvalue weighted by Crippen LogP contribution is -2.36. The normalized spacial score (nSPS) is 18.1. The number of anilines is 1. The maximum Gasteiger partial charge on any atom is 0.159 e. The number of benzene rings is 2. The maximum atomic E-state index is 6.28. The second kappa shape index (κ2) is 8.17. The van der Waals surface area contributed by atoms with Gasteiger partial charge in [0.25, 0.3) is 0 Å². The van der Waals surface area contributed by atoms with Crippen molar-refractivity contribution in [2.24, 2.45) is 0 Å². The standard InChI is InChI=1S/C22H26ClN3S/c1-3-24(4-2)13-8-14-25-20(17-9-7-10-18(23)15-17)16-26-19-11-5-6-12-21(19)27-22(25)26/h5-7,9-12,15-16,22H,3-4,8,13-14H2,1-2H3. The fraction of sp³-hybridized carbons (Fsp3) is 0.364. The van der Waals surface area contributed by atoms with Gasteiger partial charge in [0.05, 0.1) is 11.4 Å². The van der Waals surface area contributed by atoms with Crippen LogP contribution in [0.4, 0.5) is 5.69 Å². The monoisotopic (exact) mass is 399 g/mol. The molecule has 2 aromatic rings. The van der Waals surface area contributed by atoms with E-state index in [9.17, 15) is 0 Å². The van der Waals surface area contributed by atoms with Crippen LogP contribution in [0.3, 0.4) is 0 Å². The van der Waals surface area contributed by atoms with Gasteiger partial charge in [-0.15, -0.1) is 0 Å². The van der Waals surface area contributed by atoms with Crippen LogP contribution >= 0.6 is 23.4 Å². The van der Waals surface area contributed by atoms with E-state index >= 15 is 0 Å². The highest BCUT2D eigenvalue weighted by molar-refractivity contribution is 8.00. The Balaban J connectivity index is 1.60. The summed E-state index contributed by atoms with van der Waals surface area (Å²) in [6.45, 7) is 8.88. The third-order valence-electron chi connectivity index (χ3n) is 5.34. The third-order valence-corrected chi connectivity index (χ3v) is 6.87. The van der Waals surface area contributed by atoms with Gasteiger partial charge in [0.1, 0.15) is 0 Å². The molecule has 27 heavy (non-hydrogen) atoms. The van der Waals surface area contributed by atoms with Crippen LogP contribution in [0.15, 0.2) is 59.6 Å². The molecule has 2 heterocycles. The fourth-order valence-corrected chi connectivity index (χ4v) is 5.36. The Kier molecular flexibility index (Phi) is 5.67. The number of hydrogen-bond donors (Lipinski definition) is 0. The van der Waals surface area contributed by atoms with Crippen molar-refractivity contribution in [3.63, 3.8) is 0 Å². The molecular weight excluding hydrogens is 374 g/mol. The molecule has 0 bridgehead atoms. The van der Waals surface area contributed by atoms with Gasteiger partial charge in [-0.2, -0.15) is 0 Å². The topological polar surface area (TPSA) is 9.72 Å². The Morgan fingerprint density at radius 2 is 1.89 bits per heavy atom. The van der Waals surface area contributed by atoms with Crippen molar-refractivity contribution in [3.05, 3.63) is 65.3 Å². The van der Waals surface area contributed by atoms with Crippen molar-refractivity contribution < 1.29 is 0 Å². The van der Waals surface area contributed by atoms with E-state index in [-0.39, 0.29) is 0 Å². The van der Waals surface area contributed by atoms with Crippen molar-refractivity contribution in [2.45, 2.75) is 30.7 Å². The first kappa shape index (κ1) is 18.7. The summed E-state index contributed by atoms with van der Waals surface area (Å²) in [5.41, 5.74) is 4.06. The van der Waals surface area contributed by atoms with Crippen molar-refractivity contribution in [1.82, 2.24) is 9.80 Å². The van der Waals surface area contributed by atoms with Crippen molar-refractivity contribution >= 4 is 34.7 Å². The number of rotatable bonds is 7. The molecule has 0 aliphatic carbocycles. The summed E-state index contributed by atoms with van der Waals surface area (Å²) >= 11 is 8.23. The highest BCUT2D eigenvalue weighted by Gasteiger charge is 2.39. The van der Waals surface area contributed by atoms with E-state index < -0.39 is 0 Å². The van der Waals surface area contributed by atoms with Crippen LogP contribution in [0, 0.1) is 0 Å². The van der Waals surface area contributed by atoms with E-state index in [2.05, 4.69) is 71.1 Å². The van der Waals surface area contributed by atoms with E-state index in [1.165, 1.54) is 21.8 Å². The van der Waals surface area contributed by atoms with Gasteiger partial charge in [0, 0.05) is 28.2 Å². The van der Waals surface area contributed by atoms with Gasteiger partial charge >= 0.3 is 0 Å². The summed E-state index contributed by atoms with van der Waals surface area (Å²) in [5, 5.41) is 0.789. The van der Waals surface area contributed by atoms with Gasteiger partial charge in [-0.05, 0) is 50.3 Å². The summed E-state index contributed by atoms with van der Waals surface area (Å²) in [6.07, 6.45) is 3.45. The molecule has 0 radical (unpaired) electrons. The number of fused-ring (bicyclic) bond motifs is 3. The minimum atomic E-state index is 0.299. The Morgan fingerprint density at radius 3 is 2.67 bits per heavy atom. The molecule has 142 valence electrons. The molecule has 3 nitrogen and oxygen atoms in total. The highest BCUT2D eigenvalue weighted by Crippen LogP contribution is 2.50. The average molecular weight is 400 g/mol. The molecule has 0 amide bonds. The minimum Gasteiger partial charge on any atom is -0.340 e. The predicted octanol–water partition coefficient (Wildman–Crippen LogP) is 5.58. The summed E-state index contributed by atoms with van der Waals surface area (Å²) in [6, 6.07) is 16.9. The van der Waals surface area contributed by atoms with E-state index in [4.69, 9.17) is 11.6 Å². The number of halogens is 1. The van der Waals surface area contributed by atoms with Crippen LogP contribution in [-0.4, -0.2) is 41.5 Å². The lowest BCUT2D eigenvalue weighted by molar-refractivity contribution is 0.278. The zero-order valence-corrected chi connectivity index (χ0v) is 17.5. The first-order valence-electron chi connectivity index (χ1n) is 9.72. The molecular formula is C22H26ClN3S. The quantitative estimate of drug-likeness (QED) is 0.600. The molecule has 0 fully saturated rings. The van der Waals surface area contributed by atoms with Gasteiger partial charge in [-0.1, -0.05) is 61.5 Å². The van der Waals surface area contributed by atoms with Crippen molar-refractivity contribution in [1.29, 1.82) is 0 Å². The number of hydrogen-bond acceptors (Lipinski definition) is 4. The summed E-state index contributed by atoms with van der Waals surface area (Å²) in [4.78, 5) is 8.80. The fourth-order valence-electron chi connectivity index (χ4n) is 3.85. The smallest absolute Gasteiger partial charge is 0.159 e. The molecule has 0 N–H and O–H groups in total. The van der Waals surface area contributed by atoms with Gasteiger partial charge < -0.3 is 14.7 Å². The molecule has 2 aliphatic rings. The van der Waals surface area contributed by atoms with Crippen LogP contribution in [-0.2, 0) is 0 Å². The van der Waals surface area contributed by atoms with Gasteiger partial charge in [-0.25, -0.2) is 0 Å². The molecule has 0 saturated heterocycles. The van der Waals surface area contributed by atoms with Crippen LogP contribution < -0.4 is 4.90 Å². The van der Waals surface area contributed by atoms with Gasteiger partial charge in [0.2, 0.25) is 0 Å². The minimum absolute atomic E-state index is 0.299. The second-order valence-electron chi connectivity index (χ2n) is 6.92. The lowest BCUT2D eigenvalue weighted by atomic mass is 10.1.